The Hall–Kier alpha value is -3.87. The third kappa shape index (κ3) is 2.33. The lowest BCUT2D eigenvalue weighted by molar-refractivity contribution is 0.548. The van der Waals surface area contributed by atoms with E-state index in [2.05, 4.69) is 15.3 Å². The molecule has 1 aliphatic heterocycles. The van der Waals surface area contributed by atoms with E-state index in [9.17, 15) is 9.59 Å². The Balaban J connectivity index is 1.91. The zero-order chi connectivity index (χ0) is 19.4. The molecule has 0 amide bonds. The van der Waals surface area contributed by atoms with Gasteiger partial charge >= 0.3 is 5.63 Å². The SMILES string of the molecule is Cc1ccc(C2c3c(nc(N)[nH]c3=O)Nc3c2c(=O)oc2ccccc32)cc1. The molecule has 0 radical (unpaired) electrons. The molecule has 3 heterocycles. The van der Waals surface area contributed by atoms with Crippen molar-refractivity contribution in [1.82, 2.24) is 9.97 Å². The normalized spacial score (nSPS) is 15.0. The molecule has 5 rings (SSSR count). The number of fused-ring (bicyclic) bond motifs is 4. The lowest BCUT2D eigenvalue weighted by Crippen LogP contribution is -2.30. The van der Waals surface area contributed by atoms with Crippen LogP contribution in [0.5, 0.6) is 0 Å². The number of aryl methyl sites for hydroxylation is 1. The van der Waals surface area contributed by atoms with Crippen LogP contribution >= 0.6 is 0 Å². The van der Waals surface area contributed by atoms with E-state index in [0.717, 1.165) is 16.5 Å². The zero-order valence-electron chi connectivity index (χ0n) is 14.9. The number of nitrogens with zero attached hydrogens (tertiary/aromatic N) is 1. The van der Waals surface area contributed by atoms with Gasteiger partial charge in [0, 0.05) is 5.39 Å². The molecule has 1 unspecified atom stereocenters. The van der Waals surface area contributed by atoms with Crippen molar-refractivity contribution in [3.05, 3.63) is 91.6 Å². The fourth-order valence-electron chi connectivity index (χ4n) is 3.78. The average Bonchev–Trinajstić information content (AvgIpc) is 2.67. The van der Waals surface area contributed by atoms with Gasteiger partial charge in [-0.2, -0.15) is 4.98 Å². The monoisotopic (exact) mass is 372 g/mol. The Bertz CT molecular complexity index is 1350. The number of rotatable bonds is 1. The quantitative estimate of drug-likeness (QED) is 0.390. The molecule has 138 valence electrons. The van der Waals surface area contributed by atoms with Crippen molar-refractivity contribution in [2.24, 2.45) is 0 Å². The standard InChI is InChI=1S/C21H16N4O3/c1-10-6-8-11(9-7-10)14-15-17(12-4-2-3-5-13(12)28-20(15)27)23-18-16(14)19(26)25-21(22)24-18/h2-9,14H,1H3,(H4,22,23,24,25,26). The summed E-state index contributed by atoms with van der Waals surface area (Å²) in [5.41, 5.74) is 8.53. The van der Waals surface area contributed by atoms with Crippen LogP contribution in [-0.2, 0) is 0 Å². The Morgan fingerprint density at radius 1 is 1.04 bits per heavy atom. The molecular weight excluding hydrogens is 356 g/mol. The first-order valence-corrected chi connectivity index (χ1v) is 8.82. The maximum Gasteiger partial charge on any atom is 0.342 e. The molecule has 1 aliphatic rings. The van der Waals surface area contributed by atoms with Crippen molar-refractivity contribution in [3.63, 3.8) is 0 Å². The van der Waals surface area contributed by atoms with Gasteiger partial charge in [0.25, 0.3) is 5.56 Å². The molecule has 0 spiro atoms. The summed E-state index contributed by atoms with van der Waals surface area (Å²) < 4.78 is 5.56. The van der Waals surface area contributed by atoms with Crippen LogP contribution < -0.4 is 22.2 Å². The van der Waals surface area contributed by atoms with Gasteiger partial charge in [0.15, 0.2) is 0 Å². The van der Waals surface area contributed by atoms with E-state index in [4.69, 9.17) is 10.2 Å². The number of aromatic amines is 1. The highest BCUT2D eigenvalue weighted by Gasteiger charge is 2.35. The van der Waals surface area contributed by atoms with Crippen LogP contribution in [0.3, 0.4) is 0 Å². The summed E-state index contributed by atoms with van der Waals surface area (Å²) in [5.74, 6) is -0.269. The van der Waals surface area contributed by atoms with E-state index in [1.807, 2.05) is 43.3 Å². The summed E-state index contributed by atoms with van der Waals surface area (Å²) in [6, 6.07) is 14.9. The fourth-order valence-corrected chi connectivity index (χ4v) is 3.78. The molecule has 1 atom stereocenters. The molecule has 28 heavy (non-hydrogen) atoms. The van der Waals surface area contributed by atoms with E-state index in [-0.39, 0.29) is 5.95 Å². The highest BCUT2D eigenvalue weighted by molar-refractivity contribution is 5.95. The van der Waals surface area contributed by atoms with Gasteiger partial charge in [0.1, 0.15) is 11.4 Å². The molecule has 7 heteroatoms. The molecule has 0 saturated carbocycles. The number of anilines is 3. The number of nitrogens with two attached hydrogens (primary N) is 1. The van der Waals surface area contributed by atoms with Crippen molar-refractivity contribution < 1.29 is 4.42 Å². The maximum absolute atomic E-state index is 13.0. The van der Waals surface area contributed by atoms with Crippen LogP contribution in [-0.4, -0.2) is 9.97 Å². The highest BCUT2D eigenvalue weighted by Crippen LogP contribution is 2.43. The van der Waals surface area contributed by atoms with Gasteiger partial charge in [-0.05, 0) is 24.6 Å². The number of aromatic nitrogens is 2. The van der Waals surface area contributed by atoms with Crippen LogP contribution in [0.15, 0.2) is 62.5 Å². The van der Waals surface area contributed by atoms with E-state index < -0.39 is 17.1 Å². The lowest BCUT2D eigenvalue weighted by Gasteiger charge is -2.27. The number of nitrogen functional groups attached to an aromatic ring is 1. The third-order valence-electron chi connectivity index (χ3n) is 5.05. The van der Waals surface area contributed by atoms with E-state index in [0.29, 0.717) is 28.2 Å². The Morgan fingerprint density at radius 2 is 1.79 bits per heavy atom. The van der Waals surface area contributed by atoms with E-state index in [1.165, 1.54) is 0 Å². The molecule has 0 saturated heterocycles. The van der Waals surface area contributed by atoms with Gasteiger partial charge in [-0.3, -0.25) is 9.78 Å². The summed E-state index contributed by atoms with van der Waals surface area (Å²) in [6.07, 6.45) is 0. The Kier molecular flexibility index (Phi) is 3.39. The van der Waals surface area contributed by atoms with Gasteiger partial charge in [-0.1, -0.05) is 42.0 Å². The van der Waals surface area contributed by atoms with Gasteiger partial charge in [0.2, 0.25) is 5.95 Å². The second-order valence-corrected chi connectivity index (χ2v) is 6.86. The maximum atomic E-state index is 13.0. The topological polar surface area (TPSA) is 114 Å². The second-order valence-electron chi connectivity index (χ2n) is 6.86. The number of para-hydroxylation sites is 1. The smallest absolute Gasteiger partial charge is 0.342 e. The van der Waals surface area contributed by atoms with Crippen molar-refractivity contribution in [2.45, 2.75) is 12.8 Å². The summed E-state index contributed by atoms with van der Waals surface area (Å²) in [7, 11) is 0. The van der Waals surface area contributed by atoms with Crippen molar-refractivity contribution in [1.29, 1.82) is 0 Å². The minimum absolute atomic E-state index is 0.00891. The van der Waals surface area contributed by atoms with E-state index in [1.54, 1.807) is 12.1 Å². The fraction of sp³-hybridized carbons (Fsp3) is 0.0952. The number of hydrogen-bond acceptors (Lipinski definition) is 6. The number of nitrogens with one attached hydrogen (secondary N) is 2. The first-order valence-electron chi connectivity index (χ1n) is 8.82. The number of hydrogen-bond donors (Lipinski definition) is 3. The molecule has 2 aromatic heterocycles. The van der Waals surface area contributed by atoms with E-state index >= 15 is 0 Å². The molecule has 4 N–H and O–H groups in total. The Labute approximate surface area is 158 Å². The van der Waals surface area contributed by atoms with Crippen LogP contribution in [0, 0.1) is 6.92 Å². The van der Waals surface area contributed by atoms with Crippen molar-refractivity contribution in [2.75, 3.05) is 11.1 Å². The largest absolute Gasteiger partial charge is 0.422 e. The van der Waals surface area contributed by atoms with Gasteiger partial charge in [0.05, 0.1) is 22.7 Å². The predicted molar refractivity (Wildman–Crippen MR) is 107 cm³/mol. The zero-order valence-corrected chi connectivity index (χ0v) is 14.9. The van der Waals surface area contributed by atoms with Crippen molar-refractivity contribution >= 4 is 28.4 Å². The molecule has 0 bridgehead atoms. The summed E-state index contributed by atoms with van der Waals surface area (Å²) >= 11 is 0. The predicted octanol–water partition coefficient (Wildman–Crippen LogP) is 3.00. The molecule has 4 aromatic rings. The van der Waals surface area contributed by atoms with Gasteiger partial charge in [-0.15, -0.1) is 0 Å². The third-order valence-corrected chi connectivity index (χ3v) is 5.05. The summed E-state index contributed by atoms with van der Waals surface area (Å²) in [6.45, 7) is 1.98. The minimum atomic E-state index is -0.621. The Morgan fingerprint density at radius 3 is 2.57 bits per heavy atom. The molecule has 7 nitrogen and oxygen atoms in total. The summed E-state index contributed by atoms with van der Waals surface area (Å²) in [4.78, 5) is 32.5. The van der Waals surface area contributed by atoms with Gasteiger partial charge in [-0.25, -0.2) is 4.79 Å². The molecule has 0 aliphatic carbocycles. The van der Waals surface area contributed by atoms with Crippen LogP contribution in [0.2, 0.25) is 0 Å². The average molecular weight is 372 g/mol. The molecular formula is C21H16N4O3. The molecule has 0 fully saturated rings. The van der Waals surface area contributed by atoms with Gasteiger partial charge < -0.3 is 15.5 Å². The minimum Gasteiger partial charge on any atom is -0.422 e. The first-order chi connectivity index (χ1) is 13.5. The van der Waals surface area contributed by atoms with Crippen LogP contribution in [0.25, 0.3) is 11.0 Å². The molecule has 2 aromatic carbocycles. The van der Waals surface area contributed by atoms with Crippen LogP contribution in [0.1, 0.15) is 28.2 Å². The summed E-state index contributed by atoms with van der Waals surface area (Å²) in [5, 5.41) is 3.88. The number of benzene rings is 2. The van der Waals surface area contributed by atoms with Crippen LogP contribution in [0.4, 0.5) is 17.5 Å². The first kappa shape index (κ1) is 16.3. The lowest BCUT2D eigenvalue weighted by atomic mass is 9.82. The highest BCUT2D eigenvalue weighted by atomic mass is 16.4. The van der Waals surface area contributed by atoms with Crippen molar-refractivity contribution in [3.8, 4) is 0 Å². The number of H-pyrrole nitrogens is 1. The second kappa shape index (κ2) is 5.82.